The number of carbonyl (C=O) groups excluding carboxylic acids is 2. The Labute approximate surface area is 155 Å². The van der Waals surface area contributed by atoms with E-state index in [1.807, 2.05) is 13.8 Å². The Morgan fingerprint density at radius 3 is 2.33 bits per heavy atom. The maximum absolute atomic E-state index is 13.3. The highest BCUT2D eigenvalue weighted by Crippen LogP contribution is 2.50. The third-order valence-corrected chi connectivity index (χ3v) is 4.65. The number of rotatable bonds is 6. The summed E-state index contributed by atoms with van der Waals surface area (Å²) in [5, 5.41) is 17.2. The Bertz CT molecular complexity index is 716. The largest absolute Gasteiger partial charge is 0.418 e. The molecule has 4 N–H and O–H groups in total. The molecule has 3 amide bonds. The van der Waals surface area contributed by atoms with Gasteiger partial charge in [-0.05, 0) is 37.0 Å². The minimum atomic E-state index is -4.71. The second-order valence-electron chi connectivity index (χ2n) is 7.30. The van der Waals surface area contributed by atoms with Crippen LogP contribution in [0.15, 0.2) is 18.2 Å². The van der Waals surface area contributed by atoms with Gasteiger partial charge in [-0.15, -0.1) is 0 Å². The van der Waals surface area contributed by atoms with Gasteiger partial charge in [-0.2, -0.15) is 13.2 Å². The first-order chi connectivity index (χ1) is 12.4. The van der Waals surface area contributed by atoms with Crippen molar-refractivity contribution in [2.24, 2.45) is 11.3 Å². The minimum absolute atomic E-state index is 0.0160. The first-order valence-electron chi connectivity index (χ1n) is 8.66. The molecule has 0 saturated heterocycles. The average Bonchev–Trinajstić information content (AvgIpc) is 3.33. The van der Waals surface area contributed by atoms with Gasteiger partial charge in [0.25, 0.3) is 0 Å². The molecule has 0 heterocycles. The van der Waals surface area contributed by atoms with Crippen LogP contribution in [-0.2, 0) is 11.0 Å². The molecular weight excluding hydrogens is 363 g/mol. The van der Waals surface area contributed by atoms with E-state index in [4.69, 9.17) is 0 Å². The normalized spacial score (nSPS) is 16.6. The number of nitrogens with one attached hydrogen (secondary N) is 3. The molecular formula is C18H24F3N3O3. The van der Waals surface area contributed by atoms with Gasteiger partial charge in [-0.25, -0.2) is 4.79 Å². The van der Waals surface area contributed by atoms with Crippen LogP contribution in [0.1, 0.15) is 39.2 Å². The lowest BCUT2D eigenvalue weighted by molar-refractivity contribution is -0.137. The minimum Gasteiger partial charge on any atom is -0.392 e. The van der Waals surface area contributed by atoms with E-state index >= 15 is 0 Å². The third kappa shape index (κ3) is 5.35. The molecule has 1 aromatic carbocycles. The van der Waals surface area contributed by atoms with Gasteiger partial charge < -0.3 is 21.1 Å². The van der Waals surface area contributed by atoms with Gasteiger partial charge in [0.05, 0.1) is 17.4 Å². The Kier molecular flexibility index (Phi) is 6.04. The SMILES string of the molecule is CC(=O)Nc1ccc(NC(=O)NCC2([C@@H](O)C(C)C)CC2)c(C(F)(F)F)c1. The fourth-order valence-electron chi connectivity index (χ4n) is 3.04. The van der Waals surface area contributed by atoms with Crippen molar-refractivity contribution in [1.29, 1.82) is 0 Å². The van der Waals surface area contributed by atoms with Gasteiger partial charge in [0.1, 0.15) is 0 Å². The maximum Gasteiger partial charge on any atom is 0.418 e. The second kappa shape index (κ2) is 7.75. The van der Waals surface area contributed by atoms with Crippen LogP contribution in [0.2, 0.25) is 0 Å². The van der Waals surface area contributed by atoms with E-state index in [1.54, 1.807) is 0 Å². The smallest absolute Gasteiger partial charge is 0.392 e. The highest BCUT2D eigenvalue weighted by molar-refractivity contribution is 5.92. The van der Waals surface area contributed by atoms with E-state index in [0.717, 1.165) is 25.0 Å². The Hall–Kier alpha value is -2.29. The van der Waals surface area contributed by atoms with Gasteiger partial charge in [-0.3, -0.25) is 4.79 Å². The summed E-state index contributed by atoms with van der Waals surface area (Å²) in [6.07, 6.45) is -3.78. The van der Waals surface area contributed by atoms with Gasteiger partial charge >= 0.3 is 12.2 Å². The first-order valence-corrected chi connectivity index (χ1v) is 8.66. The maximum atomic E-state index is 13.3. The van der Waals surface area contributed by atoms with Crippen molar-refractivity contribution in [3.63, 3.8) is 0 Å². The molecule has 27 heavy (non-hydrogen) atoms. The number of alkyl halides is 3. The number of carbonyl (C=O) groups is 2. The van der Waals surface area contributed by atoms with Crippen LogP contribution >= 0.6 is 0 Å². The zero-order valence-corrected chi connectivity index (χ0v) is 15.4. The van der Waals surface area contributed by atoms with Crippen LogP contribution in [0.4, 0.5) is 29.3 Å². The quantitative estimate of drug-likeness (QED) is 0.601. The molecule has 1 atom stereocenters. The van der Waals surface area contributed by atoms with Gasteiger partial charge in [0, 0.05) is 24.6 Å². The number of benzene rings is 1. The van der Waals surface area contributed by atoms with Gasteiger partial charge in [-0.1, -0.05) is 13.8 Å². The molecule has 0 spiro atoms. The summed E-state index contributed by atoms with van der Waals surface area (Å²) in [5.74, 6) is -0.476. The van der Waals surface area contributed by atoms with E-state index < -0.39 is 40.9 Å². The van der Waals surface area contributed by atoms with E-state index in [0.29, 0.717) is 0 Å². The second-order valence-corrected chi connectivity index (χ2v) is 7.30. The van der Waals surface area contributed by atoms with Crippen LogP contribution in [-0.4, -0.2) is 29.7 Å². The van der Waals surface area contributed by atoms with Gasteiger partial charge in [0.2, 0.25) is 5.91 Å². The van der Waals surface area contributed by atoms with E-state index in [9.17, 15) is 27.9 Å². The molecule has 1 saturated carbocycles. The summed E-state index contributed by atoms with van der Waals surface area (Å²) in [6, 6.07) is 2.35. The van der Waals surface area contributed by atoms with Crippen molar-refractivity contribution in [3.8, 4) is 0 Å². The fourth-order valence-corrected chi connectivity index (χ4v) is 3.04. The first kappa shape index (κ1) is 21.0. The number of urea groups is 1. The predicted molar refractivity (Wildman–Crippen MR) is 95.3 cm³/mol. The number of hydrogen-bond donors (Lipinski definition) is 4. The standard InChI is InChI=1S/C18H24F3N3O3/c1-10(2)15(26)17(6-7-17)9-22-16(27)24-14-5-4-12(23-11(3)25)8-13(14)18(19,20)21/h4-5,8,10,15,26H,6-7,9H2,1-3H3,(H,23,25)(H2,22,24,27)/t15-/m0/s1. The number of anilines is 2. The van der Waals surface area contributed by atoms with Crippen LogP contribution in [0.5, 0.6) is 0 Å². The van der Waals surface area contributed by atoms with Gasteiger partial charge in [0.15, 0.2) is 0 Å². The Morgan fingerprint density at radius 1 is 1.22 bits per heavy atom. The van der Waals surface area contributed by atoms with Crippen molar-refractivity contribution in [1.82, 2.24) is 5.32 Å². The number of hydrogen-bond acceptors (Lipinski definition) is 3. The molecule has 1 fully saturated rings. The van der Waals surface area contributed by atoms with E-state index in [1.165, 1.54) is 13.0 Å². The lowest BCUT2D eigenvalue weighted by Gasteiger charge is -2.26. The van der Waals surface area contributed by atoms with Crippen molar-refractivity contribution in [2.45, 2.75) is 45.9 Å². The molecule has 0 aromatic heterocycles. The molecule has 0 aliphatic heterocycles. The van der Waals surface area contributed by atoms with Crippen molar-refractivity contribution in [3.05, 3.63) is 23.8 Å². The summed E-state index contributed by atoms with van der Waals surface area (Å²) >= 11 is 0. The number of aliphatic hydroxyl groups is 1. The number of amides is 3. The highest BCUT2D eigenvalue weighted by Gasteiger charge is 2.49. The number of aliphatic hydroxyl groups excluding tert-OH is 1. The average molecular weight is 387 g/mol. The summed E-state index contributed by atoms with van der Waals surface area (Å²) in [4.78, 5) is 23.1. The molecule has 0 bridgehead atoms. The van der Waals surface area contributed by atoms with Crippen molar-refractivity contribution in [2.75, 3.05) is 17.2 Å². The molecule has 9 heteroatoms. The number of halogens is 3. The predicted octanol–water partition coefficient (Wildman–Crippen LogP) is 3.58. The molecule has 1 aliphatic carbocycles. The fraction of sp³-hybridized carbons (Fsp3) is 0.556. The van der Waals surface area contributed by atoms with Crippen LogP contribution in [0, 0.1) is 11.3 Å². The Balaban J connectivity index is 2.07. The molecule has 2 rings (SSSR count). The summed E-state index contributed by atoms with van der Waals surface area (Å²) in [6.45, 7) is 5.11. The topological polar surface area (TPSA) is 90.5 Å². The van der Waals surface area contributed by atoms with Crippen molar-refractivity contribution < 1.29 is 27.9 Å². The zero-order chi connectivity index (χ0) is 20.4. The van der Waals surface area contributed by atoms with Crippen LogP contribution < -0.4 is 16.0 Å². The molecule has 0 radical (unpaired) electrons. The van der Waals surface area contributed by atoms with E-state index in [-0.39, 0.29) is 18.2 Å². The molecule has 1 aliphatic rings. The molecule has 1 aromatic rings. The summed E-state index contributed by atoms with van der Waals surface area (Å²) in [5.41, 5.74) is -1.90. The lowest BCUT2D eigenvalue weighted by Crippen LogP contribution is -2.40. The van der Waals surface area contributed by atoms with Crippen LogP contribution in [0.3, 0.4) is 0 Å². The lowest BCUT2D eigenvalue weighted by atomic mass is 9.90. The highest BCUT2D eigenvalue weighted by atomic mass is 19.4. The zero-order valence-electron chi connectivity index (χ0n) is 15.4. The van der Waals surface area contributed by atoms with Crippen molar-refractivity contribution >= 4 is 23.3 Å². The van der Waals surface area contributed by atoms with Crippen LogP contribution in [0.25, 0.3) is 0 Å². The summed E-state index contributed by atoms with van der Waals surface area (Å²) in [7, 11) is 0. The Morgan fingerprint density at radius 2 is 1.85 bits per heavy atom. The molecule has 0 unspecified atom stereocenters. The monoisotopic (exact) mass is 387 g/mol. The molecule has 6 nitrogen and oxygen atoms in total. The molecule has 150 valence electrons. The van der Waals surface area contributed by atoms with E-state index in [2.05, 4.69) is 16.0 Å². The summed E-state index contributed by atoms with van der Waals surface area (Å²) < 4.78 is 39.8. The third-order valence-electron chi connectivity index (χ3n) is 4.65.